The first kappa shape index (κ1) is 31.0. The number of sulfonamides is 1. The minimum Gasteiger partial charge on any atom is -0.355 e. The molecule has 0 aliphatic heterocycles. The van der Waals surface area contributed by atoms with Crippen LogP contribution in [-0.4, -0.2) is 50.5 Å². The van der Waals surface area contributed by atoms with E-state index >= 15 is 0 Å². The number of rotatable bonds is 10. The van der Waals surface area contributed by atoms with Gasteiger partial charge in [0.25, 0.3) is 0 Å². The van der Waals surface area contributed by atoms with Gasteiger partial charge >= 0.3 is 6.18 Å². The topological polar surface area (TPSA) is 86.8 Å². The molecule has 0 aliphatic carbocycles. The van der Waals surface area contributed by atoms with E-state index in [1.54, 1.807) is 19.9 Å². The highest BCUT2D eigenvalue weighted by atomic mass is 35.5. The van der Waals surface area contributed by atoms with Crippen molar-refractivity contribution in [2.45, 2.75) is 39.0 Å². The van der Waals surface area contributed by atoms with E-state index < -0.39 is 51.9 Å². The fourth-order valence-corrected chi connectivity index (χ4v) is 5.18. The Morgan fingerprint density at radius 3 is 2.11 bits per heavy atom. The minimum absolute atomic E-state index is 0.142. The number of carbonyl (C=O) groups excluding carboxylic acids is 2. The maximum atomic E-state index is 13.6. The number of nitrogens with zero attached hydrogens (tertiary/aromatic N) is 2. The Morgan fingerprint density at radius 1 is 1.03 bits per heavy atom. The summed E-state index contributed by atoms with van der Waals surface area (Å²) < 4.78 is 65.7. The lowest BCUT2D eigenvalue weighted by molar-refractivity contribution is -0.140. The number of hydrogen-bond acceptors (Lipinski definition) is 4. The largest absolute Gasteiger partial charge is 0.416 e. The fraction of sp³-hybridized carbons (Fsp3) is 0.391. The number of likely N-dealkylation sites (N-methyl/N-ethyl adjacent to an activating group) is 1. The van der Waals surface area contributed by atoms with Crippen LogP contribution in [-0.2, 0) is 32.3 Å². The van der Waals surface area contributed by atoms with Crippen molar-refractivity contribution in [1.82, 2.24) is 10.2 Å². The van der Waals surface area contributed by atoms with Crippen LogP contribution in [0.25, 0.3) is 0 Å². The van der Waals surface area contributed by atoms with E-state index in [0.29, 0.717) is 22.0 Å². The van der Waals surface area contributed by atoms with E-state index in [4.69, 9.17) is 34.8 Å². The summed E-state index contributed by atoms with van der Waals surface area (Å²) in [6.45, 7) is 2.40. The van der Waals surface area contributed by atoms with Crippen LogP contribution in [0.4, 0.5) is 18.9 Å². The number of carbonyl (C=O) groups is 2. The van der Waals surface area contributed by atoms with Gasteiger partial charge in [0.05, 0.1) is 22.5 Å². The molecule has 0 fully saturated rings. The molecular weight excluding hydrogens is 578 g/mol. The Bertz CT molecular complexity index is 1240. The number of anilines is 1. The van der Waals surface area contributed by atoms with Crippen LogP contribution in [0.3, 0.4) is 0 Å². The lowest BCUT2D eigenvalue weighted by atomic mass is 10.1. The lowest BCUT2D eigenvalue weighted by Gasteiger charge is -2.33. The molecule has 14 heteroatoms. The van der Waals surface area contributed by atoms with E-state index in [1.807, 2.05) is 0 Å². The molecule has 0 saturated carbocycles. The van der Waals surface area contributed by atoms with Crippen LogP contribution in [0.1, 0.15) is 31.4 Å². The molecule has 1 N–H and O–H groups in total. The third kappa shape index (κ3) is 7.89. The van der Waals surface area contributed by atoms with Gasteiger partial charge in [-0.25, -0.2) is 8.42 Å². The van der Waals surface area contributed by atoms with E-state index in [0.717, 1.165) is 17.2 Å². The molecule has 1 atom stereocenters. The van der Waals surface area contributed by atoms with E-state index in [-0.39, 0.29) is 34.6 Å². The number of benzene rings is 2. The molecule has 0 heterocycles. The zero-order valence-corrected chi connectivity index (χ0v) is 23.2. The summed E-state index contributed by atoms with van der Waals surface area (Å²) >= 11 is 18.6. The summed E-state index contributed by atoms with van der Waals surface area (Å²) in [5.74, 6) is -1.39. The van der Waals surface area contributed by atoms with Crippen LogP contribution in [0, 0.1) is 0 Å². The lowest BCUT2D eigenvalue weighted by Crippen LogP contribution is -2.52. The Morgan fingerprint density at radius 2 is 1.62 bits per heavy atom. The third-order valence-electron chi connectivity index (χ3n) is 5.35. The fourth-order valence-electron chi connectivity index (χ4n) is 3.54. The summed E-state index contributed by atoms with van der Waals surface area (Å²) in [5, 5.41) is 2.71. The quantitative estimate of drug-likeness (QED) is 0.396. The smallest absolute Gasteiger partial charge is 0.355 e. The summed E-state index contributed by atoms with van der Waals surface area (Å²) in [4.78, 5) is 27.5. The molecule has 37 heavy (non-hydrogen) atoms. The molecule has 0 spiro atoms. The van der Waals surface area contributed by atoms with Crippen molar-refractivity contribution in [2.24, 2.45) is 0 Å². The average Bonchev–Trinajstić information content (AvgIpc) is 2.78. The highest BCUT2D eigenvalue weighted by Crippen LogP contribution is 2.36. The van der Waals surface area contributed by atoms with Gasteiger partial charge in [0, 0.05) is 28.7 Å². The van der Waals surface area contributed by atoms with Crippen molar-refractivity contribution < 1.29 is 31.2 Å². The molecule has 1 unspecified atom stereocenters. The van der Waals surface area contributed by atoms with Crippen molar-refractivity contribution >= 4 is 62.3 Å². The number of alkyl halides is 3. The first-order chi connectivity index (χ1) is 17.1. The normalized spacial score (nSPS) is 12.7. The van der Waals surface area contributed by atoms with Crippen LogP contribution >= 0.6 is 34.8 Å². The van der Waals surface area contributed by atoms with Gasteiger partial charge in [0.1, 0.15) is 12.6 Å². The highest BCUT2D eigenvalue weighted by molar-refractivity contribution is 7.92. The van der Waals surface area contributed by atoms with Crippen molar-refractivity contribution in [2.75, 3.05) is 23.7 Å². The molecule has 0 aromatic heterocycles. The minimum atomic E-state index is -4.79. The first-order valence-corrected chi connectivity index (χ1v) is 13.9. The Kier molecular flexibility index (Phi) is 10.5. The molecule has 7 nitrogen and oxygen atoms in total. The zero-order chi connectivity index (χ0) is 28.1. The molecule has 0 radical (unpaired) electrons. The third-order valence-corrected chi connectivity index (χ3v) is 7.50. The van der Waals surface area contributed by atoms with Gasteiger partial charge < -0.3 is 10.2 Å². The molecule has 0 bridgehead atoms. The number of hydrogen-bond donors (Lipinski definition) is 1. The van der Waals surface area contributed by atoms with Crippen molar-refractivity contribution in [3.63, 3.8) is 0 Å². The number of halogens is 6. The predicted molar refractivity (Wildman–Crippen MR) is 138 cm³/mol. The van der Waals surface area contributed by atoms with Gasteiger partial charge in [-0.05, 0) is 43.7 Å². The Balaban J connectivity index is 2.59. The molecular formula is C23H25Cl3F3N3O4S. The monoisotopic (exact) mass is 601 g/mol. The summed E-state index contributed by atoms with van der Waals surface area (Å²) in [7, 11) is -4.30. The predicted octanol–water partition coefficient (Wildman–Crippen LogP) is 5.38. The van der Waals surface area contributed by atoms with Gasteiger partial charge in [0.2, 0.25) is 21.8 Å². The van der Waals surface area contributed by atoms with E-state index in [2.05, 4.69) is 5.32 Å². The Hall–Kier alpha value is -2.21. The molecule has 2 rings (SSSR count). The summed E-state index contributed by atoms with van der Waals surface area (Å²) in [5.41, 5.74) is -1.37. The van der Waals surface area contributed by atoms with Gasteiger partial charge in [-0.2, -0.15) is 13.2 Å². The summed E-state index contributed by atoms with van der Waals surface area (Å²) in [6, 6.07) is 5.73. The van der Waals surface area contributed by atoms with Gasteiger partial charge in [-0.1, -0.05) is 47.8 Å². The maximum absolute atomic E-state index is 13.6. The van der Waals surface area contributed by atoms with Gasteiger partial charge in [-0.15, -0.1) is 0 Å². The highest BCUT2D eigenvalue weighted by Gasteiger charge is 2.35. The molecule has 2 aromatic carbocycles. The van der Waals surface area contributed by atoms with Crippen LogP contribution in [0.5, 0.6) is 0 Å². The van der Waals surface area contributed by atoms with E-state index in [1.165, 1.54) is 12.1 Å². The van der Waals surface area contributed by atoms with E-state index in [9.17, 15) is 31.2 Å². The molecule has 0 aliphatic rings. The van der Waals surface area contributed by atoms with Crippen molar-refractivity contribution in [1.29, 1.82) is 0 Å². The second kappa shape index (κ2) is 12.6. The summed E-state index contributed by atoms with van der Waals surface area (Å²) in [6.07, 6.45) is -3.92. The van der Waals surface area contributed by atoms with Crippen molar-refractivity contribution in [3.05, 3.63) is 62.6 Å². The number of nitrogens with one attached hydrogen (secondary N) is 1. The van der Waals surface area contributed by atoms with Crippen molar-refractivity contribution in [3.8, 4) is 0 Å². The maximum Gasteiger partial charge on any atom is 0.416 e. The number of amides is 2. The molecule has 204 valence electrons. The molecule has 2 aromatic rings. The zero-order valence-electron chi connectivity index (χ0n) is 20.1. The molecule has 2 amide bonds. The molecule has 0 saturated heterocycles. The average molecular weight is 603 g/mol. The SMILES string of the molecule is CCNC(=O)C(CC)N(Cc1c(Cl)cccc1Cl)C(=O)CN(c1cc(C(F)(F)F)ccc1Cl)S(C)(=O)=O. The van der Waals surface area contributed by atoms with Gasteiger partial charge in [0.15, 0.2) is 0 Å². The van der Waals surface area contributed by atoms with Crippen LogP contribution < -0.4 is 9.62 Å². The second-order valence-corrected chi connectivity index (χ2v) is 11.1. The Labute approximate surface area is 228 Å². The van der Waals surface area contributed by atoms with Crippen LogP contribution in [0.2, 0.25) is 15.1 Å². The first-order valence-electron chi connectivity index (χ1n) is 11.0. The van der Waals surface area contributed by atoms with Gasteiger partial charge in [-0.3, -0.25) is 13.9 Å². The second-order valence-electron chi connectivity index (χ2n) is 7.97. The standard InChI is InChI=1S/C23H25Cl3F3N3O4S/c1-4-19(22(34)30-5-2)31(12-15-16(24)7-6-8-17(15)25)21(33)13-32(37(3,35)36)20-11-14(23(27,28)29)9-10-18(20)26/h6-11,19H,4-5,12-13H2,1-3H3,(H,30,34). The van der Waals surface area contributed by atoms with Crippen LogP contribution in [0.15, 0.2) is 36.4 Å².